The summed E-state index contributed by atoms with van der Waals surface area (Å²) in [6.07, 6.45) is 3.71. The number of carbonyl (C=O) groups excluding carboxylic acids is 1. The van der Waals surface area contributed by atoms with E-state index in [0.29, 0.717) is 13.0 Å². The minimum Gasteiger partial charge on any atom is -0.459 e. The summed E-state index contributed by atoms with van der Waals surface area (Å²) in [6.45, 7) is 0.401. The normalized spacial score (nSPS) is 10.6. The van der Waals surface area contributed by atoms with Gasteiger partial charge in [-0.25, -0.2) is 0 Å². The third-order valence-corrected chi connectivity index (χ3v) is 3.05. The molecule has 0 aliphatic heterocycles. The highest BCUT2D eigenvalue weighted by Crippen LogP contribution is 2.18. The van der Waals surface area contributed by atoms with Crippen molar-refractivity contribution in [1.82, 2.24) is 10.3 Å². The third-order valence-electron chi connectivity index (χ3n) is 3.05. The minimum absolute atomic E-state index is 0.0309. The first kappa shape index (κ1) is 12.4. The molecule has 4 heteroatoms. The van der Waals surface area contributed by atoms with Crippen LogP contribution in [0.2, 0.25) is 0 Å². The first-order chi connectivity index (χ1) is 9.81. The van der Waals surface area contributed by atoms with E-state index in [1.54, 1.807) is 12.4 Å². The van der Waals surface area contributed by atoms with Crippen LogP contribution in [0.5, 0.6) is 0 Å². The van der Waals surface area contributed by atoms with Gasteiger partial charge in [0.05, 0.1) is 13.0 Å². The predicted molar refractivity (Wildman–Crippen MR) is 76.0 cm³/mol. The maximum Gasteiger partial charge on any atom is 0.224 e. The Bertz CT molecular complexity index is 686. The quantitative estimate of drug-likeness (QED) is 0.790. The van der Waals surface area contributed by atoms with E-state index in [4.69, 9.17) is 4.42 Å². The second kappa shape index (κ2) is 5.57. The Morgan fingerprint density at radius 1 is 1.15 bits per heavy atom. The van der Waals surface area contributed by atoms with Crippen molar-refractivity contribution in [3.8, 4) is 0 Å². The average Bonchev–Trinajstić information content (AvgIpc) is 2.89. The first-order valence-electron chi connectivity index (χ1n) is 6.44. The molecule has 100 valence electrons. The van der Waals surface area contributed by atoms with Crippen molar-refractivity contribution < 1.29 is 9.21 Å². The third kappa shape index (κ3) is 2.85. The predicted octanol–water partition coefficient (Wildman–Crippen LogP) is 2.69. The van der Waals surface area contributed by atoms with Gasteiger partial charge in [0.25, 0.3) is 0 Å². The van der Waals surface area contributed by atoms with Gasteiger partial charge < -0.3 is 9.73 Å². The SMILES string of the molecule is O=C(Cc1ccncc1)NCc1cc2ccccc2o1. The highest BCUT2D eigenvalue weighted by Gasteiger charge is 2.06. The molecule has 0 atom stereocenters. The minimum atomic E-state index is -0.0309. The summed E-state index contributed by atoms with van der Waals surface area (Å²) >= 11 is 0. The number of rotatable bonds is 4. The molecule has 4 nitrogen and oxygen atoms in total. The van der Waals surface area contributed by atoms with E-state index in [-0.39, 0.29) is 5.91 Å². The molecule has 1 amide bonds. The van der Waals surface area contributed by atoms with Crippen molar-refractivity contribution in [3.63, 3.8) is 0 Å². The smallest absolute Gasteiger partial charge is 0.224 e. The molecule has 3 rings (SSSR count). The molecule has 0 bridgehead atoms. The maximum absolute atomic E-state index is 11.8. The van der Waals surface area contributed by atoms with E-state index in [9.17, 15) is 4.79 Å². The summed E-state index contributed by atoms with van der Waals surface area (Å²) < 4.78 is 5.64. The second-order valence-electron chi connectivity index (χ2n) is 4.56. The van der Waals surface area contributed by atoms with Gasteiger partial charge in [-0.2, -0.15) is 0 Å². The molecule has 0 fully saturated rings. The van der Waals surface area contributed by atoms with Crippen LogP contribution in [0.3, 0.4) is 0 Å². The number of aromatic nitrogens is 1. The molecule has 0 radical (unpaired) electrons. The molecule has 2 heterocycles. The van der Waals surface area contributed by atoms with Crippen LogP contribution in [0.1, 0.15) is 11.3 Å². The van der Waals surface area contributed by atoms with Gasteiger partial charge in [-0.1, -0.05) is 18.2 Å². The van der Waals surface area contributed by atoms with Crippen molar-refractivity contribution in [2.75, 3.05) is 0 Å². The average molecular weight is 266 g/mol. The molecule has 2 aromatic heterocycles. The summed E-state index contributed by atoms with van der Waals surface area (Å²) in [6, 6.07) is 13.4. The lowest BCUT2D eigenvalue weighted by Gasteiger charge is -2.02. The lowest BCUT2D eigenvalue weighted by molar-refractivity contribution is -0.120. The fourth-order valence-corrected chi connectivity index (χ4v) is 2.06. The Labute approximate surface area is 116 Å². The van der Waals surface area contributed by atoms with Crippen LogP contribution in [-0.2, 0) is 17.8 Å². The second-order valence-corrected chi connectivity index (χ2v) is 4.56. The van der Waals surface area contributed by atoms with E-state index >= 15 is 0 Å². The number of nitrogens with one attached hydrogen (secondary N) is 1. The Morgan fingerprint density at radius 3 is 2.75 bits per heavy atom. The zero-order valence-electron chi connectivity index (χ0n) is 10.9. The van der Waals surface area contributed by atoms with Crippen molar-refractivity contribution >= 4 is 16.9 Å². The van der Waals surface area contributed by atoms with Gasteiger partial charge in [0.1, 0.15) is 11.3 Å². The molecule has 0 unspecified atom stereocenters. The highest BCUT2D eigenvalue weighted by molar-refractivity contribution is 5.79. The van der Waals surface area contributed by atoms with Gasteiger partial charge in [0.15, 0.2) is 0 Å². The van der Waals surface area contributed by atoms with E-state index in [1.165, 1.54) is 0 Å². The van der Waals surface area contributed by atoms with E-state index in [0.717, 1.165) is 22.3 Å². The van der Waals surface area contributed by atoms with Crippen LogP contribution in [-0.4, -0.2) is 10.9 Å². The Balaban J connectivity index is 1.60. The molecule has 3 aromatic rings. The summed E-state index contributed by atoms with van der Waals surface area (Å²) in [4.78, 5) is 15.8. The number of nitrogens with zero attached hydrogens (tertiary/aromatic N) is 1. The van der Waals surface area contributed by atoms with Crippen LogP contribution < -0.4 is 5.32 Å². The zero-order valence-corrected chi connectivity index (χ0v) is 10.9. The van der Waals surface area contributed by atoms with Gasteiger partial charge in [-0.15, -0.1) is 0 Å². The number of fused-ring (bicyclic) bond motifs is 1. The topological polar surface area (TPSA) is 55.1 Å². The van der Waals surface area contributed by atoms with E-state index < -0.39 is 0 Å². The first-order valence-corrected chi connectivity index (χ1v) is 6.44. The Hall–Kier alpha value is -2.62. The molecule has 0 aliphatic carbocycles. The van der Waals surface area contributed by atoms with Crippen LogP contribution in [0.4, 0.5) is 0 Å². The maximum atomic E-state index is 11.8. The number of furan rings is 1. The zero-order chi connectivity index (χ0) is 13.8. The molecule has 1 aromatic carbocycles. The van der Waals surface area contributed by atoms with Crippen LogP contribution >= 0.6 is 0 Å². The number of para-hydroxylation sites is 1. The molecule has 1 N–H and O–H groups in total. The summed E-state index contributed by atoms with van der Waals surface area (Å²) in [5.74, 6) is 0.728. The van der Waals surface area contributed by atoms with Crippen molar-refractivity contribution in [1.29, 1.82) is 0 Å². The number of pyridine rings is 1. The standard InChI is InChI=1S/C16H14N2O2/c19-16(9-12-5-7-17-8-6-12)18-11-14-10-13-3-1-2-4-15(13)20-14/h1-8,10H,9,11H2,(H,18,19). The molecular weight excluding hydrogens is 252 g/mol. The Kier molecular flexibility index (Phi) is 3.46. The number of carbonyl (C=O) groups is 1. The van der Waals surface area contributed by atoms with E-state index in [1.807, 2.05) is 42.5 Å². The molecule has 0 spiro atoms. The van der Waals surface area contributed by atoms with Gasteiger partial charge >= 0.3 is 0 Å². The van der Waals surface area contributed by atoms with Gasteiger partial charge in [-0.05, 0) is 29.8 Å². The number of amides is 1. The molecule has 0 saturated heterocycles. The van der Waals surface area contributed by atoms with Gasteiger partial charge in [0.2, 0.25) is 5.91 Å². The number of hydrogen-bond acceptors (Lipinski definition) is 3. The van der Waals surface area contributed by atoms with Gasteiger partial charge in [-0.3, -0.25) is 9.78 Å². The van der Waals surface area contributed by atoms with Crippen LogP contribution in [0, 0.1) is 0 Å². The fourth-order valence-electron chi connectivity index (χ4n) is 2.06. The Morgan fingerprint density at radius 2 is 1.95 bits per heavy atom. The molecular formula is C16H14N2O2. The van der Waals surface area contributed by atoms with Crippen LogP contribution in [0.25, 0.3) is 11.0 Å². The fraction of sp³-hybridized carbons (Fsp3) is 0.125. The summed E-state index contributed by atoms with van der Waals surface area (Å²) in [5.41, 5.74) is 1.79. The van der Waals surface area contributed by atoms with E-state index in [2.05, 4.69) is 10.3 Å². The van der Waals surface area contributed by atoms with Crippen molar-refractivity contribution in [2.45, 2.75) is 13.0 Å². The van der Waals surface area contributed by atoms with Crippen molar-refractivity contribution in [3.05, 3.63) is 66.2 Å². The molecule has 0 saturated carbocycles. The number of benzene rings is 1. The van der Waals surface area contributed by atoms with Crippen molar-refractivity contribution in [2.24, 2.45) is 0 Å². The molecule has 20 heavy (non-hydrogen) atoms. The lowest BCUT2D eigenvalue weighted by Crippen LogP contribution is -2.24. The van der Waals surface area contributed by atoms with Crippen LogP contribution in [0.15, 0.2) is 59.3 Å². The van der Waals surface area contributed by atoms with Gasteiger partial charge in [0, 0.05) is 17.8 Å². The lowest BCUT2D eigenvalue weighted by atomic mass is 10.2. The highest BCUT2D eigenvalue weighted by atomic mass is 16.3. The molecule has 0 aliphatic rings. The summed E-state index contributed by atoms with van der Waals surface area (Å²) in [5, 5.41) is 3.90. The summed E-state index contributed by atoms with van der Waals surface area (Å²) in [7, 11) is 0. The largest absolute Gasteiger partial charge is 0.459 e. The number of hydrogen-bond donors (Lipinski definition) is 1. The monoisotopic (exact) mass is 266 g/mol.